The maximum absolute atomic E-state index is 12.5. The van der Waals surface area contributed by atoms with Gasteiger partial charge in [0.25, 0.3) is 0 Å². The number of hydrogen-bond donors (Lipinski definition) is 1. The number of hydrogen-bond acceptors (Lipinski definition) is 3. The number of likely N-dealkylation sites (tertiary alicyclic amines) is 1. The Morgan fingerprint density at radius 1 is 1.10 bits per heavy atom. The molecule has 5 nitrogen and oxygen atoms in total. The molecule has 1 amide bonds. The number of amides is 1. The number of aliphatic carboxylic acids is 1. The molecule has 114 valence electrons. The lowest BCUT2D eigenvalue weighted by molar-refractivity contribution is -0.141. The van der Waals surface area contributed by atoms with E-state index in [1.807, 2.05) is 4.90 Å². The summed E-state index contributed by atoms with van der Waals surface area (Å²) in [4.78, 5) is 27.2. The average Bonchev–Trinajstić information content (AvgIpc) is 3.11. The topological polar surface area (TPSA) is 60.9 Å². The van der Waals surface area contributed by atoms with Gasteiger partial charge in [-0.2, -0.15) is 0 Å². The Labute approximate surface area is 120 Å². The van der Waals surface area contributed by atoms with Crippen molar-refractivity contribution in [3.05, 3.63) is 0 Å². The van der Waals surface area contributed by atoms with Crippen molar-refractivity contribution in [1.82, 2.24) is 9.80 Å². The van der Waals surface area contributed by atoms with Gasteiger partial charge >= 0.3 is 5.97 Å². The molecular weight excluding hydrogens is 256 g/mol. The molecule has 2 rings (SSSR count). The monoisotopic (exact) mass is 282 g/mol. The first-order chi connectivity index (χ1) is 9.47. The minimum absolute atomic E-state index is 0.0289. The van der Waals surface area contributed by atoms with E-state index in [1.165, 1.54) is 19.3 Å². The van der Waals surface area contributed by atoms with Gasteiger partial charge in [0, 0.05) is 18.6 Å². The van der Waals surface area contributed by atoms with Crippen molar-refractivity contribution in [3.8, 4) is 0 Å². The Morgan fingerprint density at radius 3 is 2.20 bits per heavy atom. The Balaban J connectivity index is 1.93. The van der Waals surface area contributed by atoms with Crippen molar-refractivity contribution in [3.63, 3.8) is 0 Å². The molecule has 1 aliphatic carbocycles. The Morgan fingerprint density at radius 2 is 1.70 bits per heavy atom. The van der Waals surface area contributed by atoms with E-state index >= 15 is 0 Å². The summed E-state index contributed by atoms with van der Waals surface area (Å²) in [6.07, 6.45) is 5.62. The molecule has 0 bridgehead atoms. The molecule has 1 heterocycles. The van der Waals surface area contributed by atoms with Gasteiger partial charge in [-0.3, -0.25) is 14.5 Å². The molecule has 1 N–H and O–H groups in total. The molecule has 2 unspecified atom stereocenters. The second-order valence-corrected chi connectivity index (χ2v) is 6.44. The summed E-state index contributed by atoms with van der Waals surface area (Å²) in [6, 6.07) is 0.553. The van der Waals surface area contributed by atoms with Gasteiger partial charge in [0.2, 0.25) is 5.91 Å². The standard InChI is InChI=1S/C15H26N2O3/c1-11-4-3-5-12(2)17(11)14(18)9-16(10-15(19)20)8-13-6-7-13/h11-13H,3-10H2,1-2H3,(H,19,20). The maximum atomic E-state index is 12.5. The van der Waals surface area contributed by atoms with Gasteiger partial charge in [-0.15, -0.1) is 0 Å². The van der Waals surface area contributed by atoms with Crippen molar-refractivity contribution in [2.24, 2.45) is 5.92 Å². The molecule has 1 aliphatic heterocycles. The molecule has 2 atom stereocenters. The molecule has 0 spiro atoms. The third kappa shape index (κ3) is 4.20. The minimum Gasteiger partial charge on any atom is -0.480 e. The molecule has 2 fully saturated rings. The third-order valence-electron chi connectivity index (χ3n) is 4.41. The third-order valence-corrected chi connectivity index (χ3v) is 4.41. The molecule has 20 heavy (non-hydrogen) atoms. The first-order valence-corrected chi connectivity index (χ1v) is 7.72. The number of carboxylic acid groups (broad SMARTS) is 1. The largest absolute Gasteiger partial charge is 0.480 e. The molecule has 5 heteroatoms. The van der Waals surface area contributed by atoms with Gasteiger partial charge in [0.1, 0.15) is 0 Å². The zero-order valence-electron chi connectivity index (χ0n) is 12.5. The first-order valence-electron chi connectivity index (χ1n) is 7.72. The number of rotatable bonds is 6. The highest BCUT2D eigenvalue weighted by molar-refractivity contribution is 5.80. The fourth-order valence-electron chi connectivity index (χ4n) is 3.23. The Hall–Kier alpha value is -1.10. The second kappa shape index (κ2) is 6.57. The summed E-state index contributed by atoms with van der Waals surface area (Å²) < 4.78 is 0. The minimum atomic E-state index is -0.849. The van der Waals surface area contributed by atoms with E-state index in [4.69, 9.17) is 5.11 Å². The summed E-state index contributed by atoms with van der Waals surface area (Å²) in [5.41, 5.74) is 0. The van der Waals surface area contributed by atoms with Gasteiger partial charge in [0.15, 0.2) is 0 Å². The van der Waals surface area contributed by atoms with Crippen molar-refractivity contribution in [2.75, 3.05) is 19.6 Å². The molecule has 1 saturated carbocycles. The number of carbonyl (C=O) groups is 2. The molecule has 2 aliphatic rings. The fourth-order valence-corrected chi connectivity index (χ4v) is 3.23. The van der Waals surface area contributed by atoms with E-state index < -0.39 is 5.97 Å². The summed E-state index contributed by atoms with van der Waals surface area (Å²) in [6.45, 7) is 5.15. The predicted molar refractivity (Wildman–Crippen MR) is 76.4 cm³/mol. The lowest BCUT2D eigenvalue weighted by Crippen LogP contribution is -2.51. The summed E-state index contributed by atoms with van der Waals surface area (Å²) in [5, 5.41) is 8.98. The lowest BCUT2D eigenvalue weighted by Gasteiger charge is -2.40. The number of nitrogens with zero attached hydrogens (tertiary/aromatic N) is 2. The van der Waals surface area contributed by atoms with E-state index in [0.717, 1.165) is 19.4 Å². The fraction of sp³-hybridized carbons (Fsp3) is 0.867. The molecular formula is C15H26N2O3. The van der Waals surface area contributed by atoms with Crippen LogP contribution in [0.25, 0.3) is 0 Å². The van der Waals surface area contributed by atoms with Crippen molar-refractivity contribution >= 4 is 11.9 Å². The Bertz CT molecular complexity index is 358. The lowest BCUT2D eigenvalue weighted by atomic mass is 9.97. The summed E-state index contributed by atoms with van der Waals surface area (Å²) in [5.74, 6) is -0.164. The van der Waals surface area contributed by atoms with Crippen molar-refractivity contribution in [2.45, 2.75) is 58.0 Å². The van der Waals surface area contributed by atoms with E-state index in [-0.39, 0.29) is 31.1 Å². The number of piperidine rings is 1. The normalized spacial score (nSPS) is 26.9. The molecule has 0 aromatic heterocycles. The van der Waals surface area contributed by atoms with E-state index in [0.29, 0.717) is 5.92 Å². The molecule has 0 aromatic carbocycles. The zero-order valence-corrected chi connectivity index (χ0v) is 12.5. The highest BCUT2D eigenvalue weighted by Crippen LogP contribution is 2.30. The highest BCUT2D eigenvalue weighted by Gasteiger charge is 2.32. The van der Waals surface area contributed by atoms with Crippen molar-refractivity contribution < 1.29 is 14.7 Å². The predicted octanol–water partition coefficient (Wildman–Crippen LogP) is 1.57. The molecule has 1 saturated heterocycles. The van der Waals surface area contributed by atoms with Gasteiger partial charge in [-0.05, 0) is 51.9 Å². The van der Waals surface area contributed by atoms with Crippen LogP contribution in [0.2, 0.25) is 0 Å². The zero-order chi connectivity index (χ0) is 14.7. The van der Waals surface area contributed by atoms with Crippen LogP contribution in [0.5, 0.6) is 0 Å². The summed E-state index contributed by atoms with van der Waals surface area (Å²) in [7, 11) is 0. The van der Waals surface area contributed by atoms with Crippen LogP contribution in [0, 0.1) is 5.92 Å². The Kier molecular flexibility index (Phi) is 5.02. The number of carbonyl (C=O) groups excluding carboxylic acids is 1. The average molecular weight is 282 g/mol. The van der Waals surface area contributed by atoms with E-state index in [1.54, 1.807) is 4.90 Å². The highest BCUT2D eigenvalue weighted by atomic mass is 16.4. The van der Waals surface area contributed by atoms with Crippen LogP contribution in [-0.4, -0.2) is 58.5 Å². The number of carboxylic acids is 1. The molecule has 0 aromatic rings. The van der Waals surface area contributed by atoms with Crippen molar-refractivity contribution in [1.29, 1.82) is 0 Å². The van der Waals surface area contributed by atoms with Crippen LogP contribution < -0.4 is 0 Å². The first kappa shape index (κ1) is 15.3. The summed E-state index contributed by atoms with van der Waals surface area (Å²) >= 11 is 0. The van der Waals surface area contributed by atoms with Crippen LogP contribution in [0.3, 0.4) is 0 Å². The van der Waals surface area contributed by atoms with Crippen LogP contribution in [0.1, 0.15) is 46.0 Å². The van der Waals surface area contributed by atoms with Gasteiger partial charge in [-0.1, -0.05) is 0 Å². The second-order valence-electron chi connectivity index (χ2n) is 6.44. The maximum Gasteiger partial charge on any atom is 0.317 e. The van der Waals surface area contributed by atoms with Crippen LogP contribution in [-0.2, 0) is 9.59 Å². The van der Waals surface area contributed by atoms with E-state index in [2.05, 4.69) is 13.8 Å². The van der Waals surface area contributed by atoms with Gasteiger partial charge in [-0.25, -0.2) is 0 Å². The van der Waals surface area contributed by atoms with Gasteiger partial charge in [0.05, 0.1) is 13.1 Å². The van der Waals surface area contributed by atoms with Crippen LogP contribution >= 0.6 is 0 Å². The van der Waals surface area contributed by atoms with Gasteiger partial charge < -0.3 is 10.0 Å². The van der Waals surface area contributed by atoms with Crippen LogP contribution in [0.15, 0.2) is 0 Å². The SMILES string of the molecule is CC1CCCC(C)N1C(=O)CN(CC(=O)O)CC1CC1. The van der Waals surface area contributed by atoms with E-state index in [9.17, 15) is 9.59 Å². The smallest absolute Gasteiger partial charge is 0.317 e. The quantitative estimate of drug-likeness (QED) is 0.803. The molecule has 0 radical (unpaired) electrons. The van der Waals surface area contributed by atoms with Crippen LogP contribution in [0.4, 0.5) is 0 Å².